The van der Waals surface area contributed by atoms with Crippen LogP contribution in [0.4, 0.5) is 0 Å². The van der Waals surface area contributed by atoms with E-state index in [2.05, 4.69) is 0 Å². The lowest BCUT2D eigenvalue weighted by atomic mass is 9.96. The lowest BCUT2D eigenvalue weighted by molar-refractivity contribution is -0.361. The third-order valence-corrected chi connectivity index (χ3v) is 18.6. The molecule has 9 fully saturated rings. The molecule has 9 saturated heterocycles. The third kappa shape index (κ3) is 17.6. The van der Waals surface area contributed by atoms with Crippen LogP contribution in [0.15, 0.2) is 0 Å². The quantitative estimate of drug-likeness (QED) is 0.0331. The molecule has 45 atom stereocenters. The number of aliphatic carboxylic acids is 1. The highest BCUT2D eigenvalue weighted by atomic mass is 16.8. The average molecular weight is 1490 g/mol. The molecule has 0 radical (unpaired) electrons. The zero-order chi connectivity index (χ0) is 74.2. The molecule has 0 aliphatic carbocycles. The summed E-state index contributed by atoms with van der Waals surface area (Å²) in [6.07, 6.45) is -90.7. The Labute approximate surface area is 567 Å². The zero-order valence-electron chi connectivity index (χ0n) is 52.5. The van der Waals surface area contributed by atoms with Gasteiger partial charge in [-0.25, -0.2) is 4.79 Å². The standard InChI is InChI=1S/C54H90O47/c55-1-9(59)36-34(80)42(99-50-29(75)23(69)19(65)15(4-58)91-50)53(95-36)87-7-12(62)39-35(81)43(100-51-30(76)24(70)20(66)16(92-51)8-88-47-27(73)21(67)17(63)13(2-56)89-47)54(96-39)86-6-10(60)37-25(71)31(77)48(94-37)85-5-11(61)38-33(79)41(46(84)93-38)98-52-32(78)26(72)40(44(101-52)45(82)83)97-49-28(74)22(68)18(64)14(3-57)90-49/h9-44,46-81,84H,1-8H2,(H,82,83)/t9-,10-,11-,12-,13-,14-,15-,16-,17+,18+,19-,20-,21+,22+,23+,24+,25-,26-,27-,28-,29-,30-,31-,32-,33+,34+,35+,36+,37+,38+,39+,40+,41-,42-,43-,44+,46-,47-,48-,49+,50-,51-,52+,53-,54-/m1/s1. The van der Waals surface area contributed by atoms with E-state index in [0.29, 0.717) is 0 Å². The Balaban J connectivity index is 0.841. The minimum atomic E-state index is -2.32. The topological polar surface area (TPSA) is 761 Å². The van der Waals surface area contributed by atoms with Crippen molar-refractivity contribution < 1.29 is 233 Å². The molecular formula is C54H90O47. The van der Waals surface area contributed by atoms with E-state index in [1.165, 1.54) is 0 Å². The van der Waals surface area contributed by atoms with Gasteiger partial charge in [0.25, 0.3) is 0 Å². The Morgan fingerprint density at radius 3 is 1.03 bits per heavy atom. The molecule has 9 rings (SSSR count). The van der Waals surface area contributed by atoms with Gasteiger partial charge in [0.05, 0.1) is 52.9 Å². The summed E-state index contributed by atoms with van der Waals surface area (Å²) < 4.78 is 93.7. The Morgan fingerprint density at radius 2 is 0.594 bits per heavy atom. The van der Waals surface area contributed by atoms with Crippen LogP contribution in [-0.2, 0) is 85.3 Å². The summed E-state index contributed by atoms with van der Waals surface area (Å²) in [6.45, 7) is -7.83. The van der Waals surface area contributed by atoms with Gasteiger partial charge in [-0.15, -0.1) is 0 Å². The van der Waals surface area contributed by atoms with Gasteiger partial charge >= 0.3 is 5.97 Å². The summed E-state index contributed by atoms with van der Waals surface area (Å²) in [5.41, 5.74) is 0. The van der Waals surface area contributed by atoms with Gasteiger partial charge in [-0.1, -0.05) is 0 Å². The molecule has 9 aliphatic heterocycles. The smallest absolute Gasteiger partial charge is 0.335 e. The molecule has 9 aliphatic rings. The predicted octanol–water partition coefficient (Wildman–Crippen LogP) is -20.5. The van der Waals surface area contributed by atoms with Crippen molar-refractivity contribution in [2.45, 2.75) is 276 Å². The highest BCUT2D eigenvalue weighted by molar-refractivity contribution is 5.73. The lowest BCUT2D eigenvalue weighted by Gasteiger charge is -2.45. The van der Waals surface area contributed by atoms with Crippen molar-refractivity contribution in [2.24, 2.45) is 0 Å². The molecule has 588 valence electrons. The van der Waals surface area contributed by atoms with Crippen LogP contribution in [0, 0.1) is 0 Å². The second-order valence-electron chi connectivity index (χ2n) is 25.4. The van der Waals surface area contributed by atoms with Crippen LogP contribution in [0.3, 0.4) is 0 Å². The van der Waals surface area contributed by atoms with Gasteiger partial charge in [-0.2, -0.15) is 0 Å². The van der Waals surface area contributed by atoms with E-state index in [4.69, 9.17) is 80.5 Å². The van der Waals surface area contributed by atoms with Crippen molar-refractivity contribution in [3.63, 3.8) is 0 Å². The minimum absolute atomic E-state index is 0.878. The molecule has 0 aromatic heterocycles. The van der Waals surface area contributed by atoms with E-state index < -0.39 is 335 Å². The molecule has 9 heterocycles. The molecule has 29 N–H and O–H groups in total. The number of rotatable bonds is 29. The van der Waals surface area contributed by atoms with Crippen molar-refractivity contribution in [1.82, 2.24) is 0 Å². The molecule has 0 unspecified atom stereocenters. The van der Waals surface area contributed by atoms with Gasteiger partial charge in [0, 0.05) is 0 Å². The number of carboxylic acids is 1. The fourth-order valence-electron chi connectivity index (χ4n) is 12.6. The highest BCUT2D eigenvalue weighted by Gasteiger charge is 2.60. The predicted molar refractivity (Wildman–Crippen MR) is 298 cm³/mol. The second-order valence-corrected chi connectivity index (χ2v) is 25.4. The molecular weight excluding hydrogens is 1400 g/mol. The SMILES string of the molecule is O=C(O)[C@H]1O[C@H](O[C@@H]2[C@@H](O)[C@H]([C@H](O)CO[C@@H]3O[C@@H]([C@H](O)CO[C@@H]4O[C@@H]([C@H](O)CO[C@@H]5O[C@@H]([C@H](O)CO)[C@H](O)[C@H]5O[C@H]5O[C@H](CO)[C@@H](O)[C@H](O)[C@H]5O)[C@H](O)[C@H]4O[C@H]4O[C@H](CO[C@@H]5O[C@H](CO)[C@H](O)[C@H](O)[C@H]5O)[C@@H](O)[C@H](O)[C@H]4O)[C@H](O)[C@H]3O)O[C@H]2O)[C@H](O)[C@@H](O)[C@@H]1O[C@@H]1O[C@H](CO)[C@H](O)[C@H](O)[C@H]1O. The Morgan fingerprint density at radius 1 is 0.287 bits per heavy atom. The number of hydrogen-bond donors (Lipinski definition) is 29. The summed E-state index contributed by atoms with van der Waals surface area (Å²) in [5.74, 6) is -1.90. The molecule has 0 aromatic carbocycles. The first-order chi connectivity index (χ1) is 47.7. The average Bonchev–Trinajstić information content (AvgIpc) is 1.73. The molecule has 0 bridgehead atoms. The first-order valence-corrected chi connectivity index (χ1v) is 31.7. The van der Waals surface area contributed by atoms with Crippen LogP contribution in [0.25, 0.3) is 0 Å². The fraction of sp³-hybridized carbons (Fsp3) is 0.981. The van der Waals surface area contributed by atoms with E-state index in [1.807, 2.05) is 0 Å². The van der Waals surface area contributed by atoms with Crippen LogP contribution in [0.1, 0.15) is 0 Å². The largest absolute Gasteiger partial charge is 0.479 e. The Bertz CT molecular complexity index is 2540. The maximum Gasteiger partial charge on any atom is 0.335 e. The zero-order valence-corrected chi connectivity index (χ0v) is 52.5. The molecule has 0 spiro atoms. The van der Waals surface area contributed by atoms with Crippen molar-refractivity contribution in [3.05, 3.63) is 0 Å². The van der Waals surface area contributed by atoms with E-state index >= 15 is 0 Å². The van der Waals surface area contributed by atoms with E-state index in [-0.39, 0.29) is 0 Å². The lowest BCUT2D eigenvalue weighted by Crippen LogP contribution is -2.65. The minimum Gasteiger partial charge on any atom is -0.479 e. The molecule has 0 aromatic rings. The monoisotopic (exact) mass is 1490 g/mol. The van der Waals surface area contributed by atoms with Gasteiger partial charge in [0.1, 0.15) is 214 Å². The number of hydrogen-bond acceptors (Lipinski definition) is 46. The number of aliphatic hydroxyl groups is 28. The van der Waals surface area contributed by atoms with Gasteiger partial charge in [-0.3, -0.25) is 0 Å². The van der Waals surface area contributed by atoms with E-state index in [1.54, 1.807) is 0 Å². The summed E-state index contributed by atoms with van der Waals surface area (Å²) >= 11 is 0. The molecule has 47 heteroatoms. The number of aliphatic hydroxyl groups excluding tert-OH is 28. The molecule has 47 nitrogen and oxygen atoms in total. The maximum atomic E-state index is 12.3. The maximum absolute atomic E-state index is 12.3. The first-order valence-electron chi connectivity index (χ1n) is 31.7. The van der Waals surface area contributed by atoms with Crippen molar-refractivity contribution in [3.8, 4) is 0 Å². The summed E-state index contributed by atoms with van der Waals surface area (Å²) in [5, 5.41) is 308. The number of ether oxygens (including phenoxy) is 17. The van der Waals surface area contributed by atoms with Crippen molar-refractivity contribution in [1.29, 1.82) is 0 Å². The van der Waals surface area contributed by atoms with Gasteiger partial charge < -0.3 is 229 Å². The van der Waals surface area contributed by atoms with Gasteiger partial charge in [-0.05, 0) is 0 Å². The summed E-state index contributed by atoms with van der Waals surface area (Å²) in [4.78, 5) is 12.3. The molecule has 101 heavy (non-hydrogen) atoms. The Kier molecular flexibility index (Phi) is 29.0. The van der Waals surface area contributed by atoms with Crippen LogP contribution >= 0.6 is 0 Å². The van der Waals surface area contributed by atoms with E-state index in [9.17, 15) is 153 Å². The second kappa shape index (κ2) is 35.4. The third-order valence-electron chi connectivity index (χ3n) is 18.6. The van der Waals surface area contributed by atoms with Crippen LogP contribution in [0.5, 0.6) is 0 Å². The van der Waals surface area contributed by atoms with Crippen LogP contribution < -0.4 is 0 Å². The normalized spacial score (nSPS) is 51.1. The van der Waals surface area contributed by atoms with E-state index in [0.717, 1.165) is 0 Å². The Hall–Kier alpha value is -2.33. The van der Waals surface area contributed by atoms with Crippen LogP contribution in [-0.4, -0.2) is 483 Å². The van der Waals surface area contributed by atoms with Gasteiger partial charge in [0.2, 0.25) is 0 Å². The summed E-state index contributed by atoms with van der Waals surface area (Å²) in [6, 6.07) is 0. The highest BCUT2D eigenvalue weighted by Crippen LogP contribution is 2.38. The fourth-order valence-corrected chi connectivity index (χ4v) is 12.6. The van der Waals surface area contributed by atoms with Crippen LogP contribution in [0.2, 0.25) is 0 Å². The number of carbonyl (C=O) groups is 1. The van der Waals surface area contributed by atoms with Gasteiger partial charge in [0.15, 0.2) is 62.7 Å². The summed E-state index contributed by atoms with van der Waals surface area (Å²) in [7, 11) is 0. The van der Waals surface area contributed by atoms with Crippen molar-refractivity contribution >= 4 is 5.97 Å². The number of carboxylic acid groups (broad SMARTS) is 1. The molecule has 0 saturated carbocycles. The van der Waals surface area contributed by atoms with Crippen molar-refractivity contribution in [2.75, 3.05) is 52.9 Å². The first kappa shape index (κ1) is 82.7. The molecule has 0 amide bonds.